The molecule has 18 heavy (non-hydrogen) atoms. The van der Waals surface area contributed by atoms with Crippen molar-refractivity contribution >= 4 is 34.3 Å². The van der Waals surface area contributed by atoms with Crippen LogP contribution in [0.3, 0.4) is 0 Å². The minimum absolute atomic E-state index is 0.277. The van der Waals surface area contributed by atoms with E-state index in [0.29, 0.717) is 10.7 Å². The van der Waals surface area contributed by atoms with Crippen LogP contribution in [-0.4, -0.2) is 15.7 Å². The standard InChI is InChI=1S/C12H7FN2OS2/c13-8-1-3-9(4-2-8)18-11-10(7-16)15-5-6-17-12(15)14-11/h1-7H. The van der Waals surface area contributed by atoms with Crippen molar-refractivity contribution in [2.75, 3.05) is 0 Å². The van der Waals surface area contributed by atoms with Gasteiger partial charge in [-0.2, -0.15) is 0 Å². The Balaban J connectivity index is 2.01. The van der Waals surface area contributed by atoms with Crippen LogP contribution in [-0.2, 0) is 0 Å². The van der Waals surface area contributed by atoms with Crippen molar-refractivity contribution in [3.63, 3.8) is 0 Å². The number of carbonyl (C=O) groups is 1. The fourth-order valence-corrected chi connectivity index (χ4v) is 3.24. The Kier molecular flexibility index (Phi) is 2.89. The Labute approximate surface area is 110 Å². The molecule has 3 aromatic rings. The van der Waals surface area contributed by atoms with E-state index < -0.39 is 0 Å². The van der Waals surface area contributed by atoms with Gasteiger partial charge in [-0.1, -0.05) is 11.8 Å². The summed E-state index contributed by atoms with van der Waals surface area (Å²) < 4.78 is 14.6. The number of thiazole rings is 1. The Bertz CT molecular complexity index is 703. The number of hydrogen-bond donors (Lipinski definition) is 0. The Hall–Kier alpha value is -1.66. The van der Waals surface area contributed by atoms with Crippen molar-refractivity contribution in [2.24, 2.45) is 0 Å². The van der Waals surface area contributed by atoms with E-state index in [1.807, 2.05) is 11.6 Å². The van der Waals surface area contributed by atoms with E-state index in [4.69, 9.17) is 0 Å². The third-order valence-electron chi connectivity index (χ3n) is 2.41. The number of nitrogens with zero attached hydrogens (tertiary/aromatic N) is 2. The Morgan fingerprint density at radius 2 is 2.11 bits per heavy atom. The quantitative estimate of drug-likeness (QED) is 0.688. The van der Waals surface area contributed by atoms with Gasteiger partial charge in [0, 0.05) is 16.5 Å². The minimum atomic E-state index is -0.277. The average molecular weight is 278 g/mol. The SMILES string of the molecule is O=Cc1c(Sc2ccc(F)cc2)nc2sccn12. The van der Waals surface area contributed by atoms with Gasteiger partial charge in [0.05, 0.1) is 0 Å². The van der Waals surface area contributed by atoms with Gasteiger partial charge >= 0.3 is 0 Å². The molecule has 3 nitrogen and oxygen atoms in total. The lowest BCUT2D eigenvalue weighted by Crippen LogP contribution is -1.88. The van der Waals surface area contributed by atoms with Gasteiger partial charge in [-0.15, -0.1) is 11.3 Å². The molecule has 0 aliphatic rings. The molecule has 0 aliphatic heterocycles. The van der Waals surface area contributed by atoms with E-state index in [2.05, 4.69) is 4.98 Å². The molecule has 0 amide bonds. The van der Waals surface area contributed by atoms with Crippen molar-refractivity contribution in [1.29, 1.82) is 0 Å². The second-order valence-electron chi connectivity index (χ2n) is 3.53. The highest BCUT2D eigenvalue weighted by molar-refractivity contribution is 7.99. The molecule has 6 heteroatoms. The van der Waals surface area contributed by atoms with Crippen LogP contribution in [0.5, 0.6) is 0 Å². The predicted octanol–water partition coefficient (Wildman–Crippen LogP) is 3.50. The van der Waals surface area contributed by atoms with Gasteiger partial charge in [-0.25, -0.2) is 9.37 Å². The Morgan fingerprint density at radius 3 is 2.83 bits per heavy atom. The molecule has 3 rings (SSSR count). The maximum Gasteiger partial charge on any atom is 0.195 e. The zero-order valence-electron chi connectivity index (χ0n) is 9.04. The number of imidazole rings is 1. The summed E-state index contributed by atoms with van der Waals surface area (Å²) in [7, 11) is 0. The molecule has 0 radical (unpaired) electrons. The zero-order chi connectivity index (χ0) is 12.5. The summed E-state index contributed by atoms with van der Waals surface area (Å²) in [4.78, 5) is 17.1. The van der Waals surface area contributed by atoms with E-state index in [-0.39, 0.29) is 5.82 Å². The van der Waals surface area contributed by atoms with Gasteiger partial charge in [0.1, 0.15) is 16.5 Å². The lowest BCUT2D eigenvalue weighted by Gasteiger charge is -1.98. The number of hydrogen-bond acceptors (Lipinski definition) is 4. The summed E-state index contributed by atoms with van der Waals surface area (Å²) in [5, 5.41) is 2.52. The molecule has 0 bridgehead atoms. The molecule has 0 aliphatic carbocycles. The summed E-state index contributed by atoms with van der Waals surface area (Å²) in [6.07, 6.45) is 2.60. The highest BCUT2D eigenvalue weighted by Crippen LogP contribution is 2.30. The molecule has 2 aromatic heterocycles. The van der Waals surface area contributed by atoms with E-state index in [1.54, 1.807) is 16.5 Å². The predicted molar refractivity (Wildman–Crippen MR) is 69.0 cm³/mol. The number of benzene rings is 1. The van der Waals surface area contributed by atoms with Crippen molar-refractivity contribution < 1.29 is 9.18 Å². The van der Waals surface area contributed by atoms with Crippen molar-refractivity contribution in [3.05, 3.63) is 47.4 Å². The smallest absolute Gasteiger partial charge is 0.195 e. The summed E-state index contributed by atoms with van der Waals surface area (Å²) in [5.74, 6) is -0.277. The fraction of sp³-hybridized carbons (Fsp3) is 0. The summed E-state index contributed by atoms with van der Waals surface area (Å²) in [5.41, 5.74) is 0.528. The van der Waals surface area contributed by atoms with Crippen LogP contribution >= 0.6 is 23.1 Å². The molecule has 90 valence electrons. The van der Waals surface area contributed by atoms with Crippen LogP contribution in [0, 0.1) is 5.82 Å². The first-order valence-electron chi connectivity index (χ1n) is 5.12. The zero-order valence-corrected chi connectivity index (χ0v) is 10.7. The lowest BCUT2D eigenvalue weighted by atomic mass is 10.4. The topological polar surface area (TPSA) is 34.4 Å². The normalized spacial score (nSPS) is 10.9. The number of carbonyl (C=O) groups excluding carboxylic acids is 1. The van der Waals surface area contributed by atoms with Crippen molar-refractivity contribution in [1.82, 2.24) is 9.38 Å². The molecule has 2 heterocycles. The molecule has 1 aromatic carbocycles. The van der Waals surface area contributed by atoms with Crippen LogP contribution < -0.4 is 0 Å². The molecule has 0 saturated carbocycles. The molecule has 0 spiro atoms. The maximum atomic E-state index is 12.8. The van der Waals surface area contributed by atoms with Gasteiger partial charge in [-0.3, -0.25) is 9.20 Å². The first kappa shape index (κ1) is 11.4. The van der Waals surface area contributed by atoms with E-state index in [1.165, 1.54) is 35.2 Å². The summed E-state index contributed by atoms with van der Waals surface area (Å²) in [6, 6.07) is 6.12. The van der Waals surface area contributed by atoms with Crippen molar-refractivity contribution in [2.45, 2.75) is 9.92 Å². The average Bonchev–Trinajstić information content (AvgIpc) is 2.92. The minimum Gasteiger partial charge on any atom is -0.296 e. The summed E-state index contributed by atoms with van der Waals surface area (Å²) >= 11 is 2.83. The number of aldehydes is 1. The first-order valence-corrected chi connectivity index (χ1v) is 6.81. The maximum absolute atomic E-state index is 12.8. The second-order valence-corrected chi connectivity index (χ2v) is 5.47. The van der Waals surface area contributed by atoms with Crippen LogP contribution in [0.15, 0.2) is 45.8 Å². The fourth-order valence-electron chi connectivity index (χ4n) is 1.58. The molecule has 0 unspecified atom stereocenters. The number of halogens is 1. The first-order chi connectivity index (χ1) is 8.78. The van der Waals surface area contributed by atoms with Gasteiger partial charge in [-0.05, 0) is 24.3 Å². The molecule has 0 N–H and O–H groups in total. The van der Waals surface area contributed by atoms with E-state index in [0.717, 1.165) is 16.1 Å². The largest absolute Gasteiger partial charge is 0.296 e. The van der Waals surface area contributed by atoms with Crippen LogP contribution in [0.25, 0.3) is 4.96 Å². The number of aromatic nitrogens is 2. The van der Waals surface area contributed by atoms with Crippen LogP contribution in [0.1, 0.15) is 10.5 Å². The molecule has 0 saturated heterocycles. The molecular formula is C12H7FN2OS2. The highest BCUT2D eigenvalue weighted by atomic mass is 32.2. The molecule has 0 atom stereocenters. The van der Waals surface area contributed by atoms with Gasteiger partial charge in [0.2, 0.25) is 0 Å². The van der Waals surface area contributed by atoms with Crippen LogP contribution in [0.4, 0.5) is 4.39 Å². The lowest BCUT2D eigenvalue weighted by molar-refractivity contribution is 0.111. The monoisotopic (exact) mass is 278 g/mol. The third kappa shape index (κ3) is 1.93. The number of rotatable bonds is 3. The second kappa shape index (κ2) is 4.55. The van der Waals surface area contributed by atoms with E-state index >= 15 is 0 Å². The third-order valence-corrected chi connectivity index (χ3v) is 4.16. The number of fused-ring (bicyclic) bond motifs is 1. The van der Waals surface area contributed by atoms with Gasteiger partial charge < -0.3 is 0 Å². The molecule has 0 fully saturated rings. The van der Waals surface area contributed by atoms with E-state index in [9.17, 15) is 9.18 Å². The summed E-state index contributed by atoms with van der Waals surface area (Å²) in [6.45, 7) is 0. The van der Waals surface area contributed by atoms with Gasteiger partial charge in [0.15, 0.2) is 11.2 Å². The van der Waals surface area contributed by atoms with Crippen molar-refractivity contribution in [3.8, 4) is 0 Å². The van der Waals surface area contributed by atoms with Crippen LogP contribution in [0.2, 0.25) is 0 Å². The Morgan fingerprint density at radius 1 is 1.33 bits per heavy atom. The van der Waals surface area contributed by atoms with Gasteiger partial charge in [0.25, 0.3) is 0 Å². The highest BCUT2D eigenvalue weighted by Gasteiger charge is 2.13. The molecular weight excluding hydrogens is 271 g/mol.